The van der Waals surface area contributed by atoms with Gasteiger partial charge in [-0.05, 0) is 36.6 Å². The summed E-state index contributed by atoms with van der Waals surface area (Å²) in [5, 5.41) is 11.6. The number of likely N-dealkylation sites (tertiary alicyclic amines) is 1. The second-order valence-electron chi connectivity index (χ2n) is 9.07. The van der Waals surface area contributed by atoms with Gasteiger partial charge in [0.15, 0.2) is 11.6 Å². The molecule has 1 fully saturated rings. The van der Waals surface area contributed by atoms with Gasteiger partial charge < -0.3 is 20.1 Å². The minimum absolute atomic E-state index is 0.123. The second-order valence-corrected chi connectivity index (χ2v) is 11.0. The molecule has 3 heterocycles. The third-order valence-electron chi connectivity index (χ3n) is 6.24. The summed E-state index contributed by atoms with van der Waals surface area (Å²) in [7, 11) is 0. The number of amides is 3. The highest BCUT2D eigenvalue weighted by molar-refractivity contribution is 8.12. The van der Waals surface area contributed by atoms with Crippen molar-refractivity contribution in [3.63, 3.8) is 0 Å². The van der Waals surface area contributed by atoms with Crippen LogP contribution in [-0.4, -0.2) is 50.6 Å². The quantitative estimate of drug-likeness (QED) is 0.240. The summed E-state index contributed by atoms with van der Waals surface area (Å²) in [6.45, 7) is 0.354. The Kier molecular flexibility index (Phi) is 8.45. The molecule has 3 N–H and O–H groups in total. The molecule has 2 aromatic heterocycles. The van der Waals surface area contributed by atoms with E-state index in [2.05, 4.69) is 15.0 Å². The number of halogens is 1. The zero-order chi connectivity index (χ0) is 28.9. The molecule has 1 saturated heterocycles. The van der Waals surface area contributed by atoms with Crippen molar-refractivity contribution in [3.8, 4) is 11.5 Å². The molecule has 0 aliphatic carbocycles. The van der Waals surface area contributed by atoms with Crippen molar-refractivity contribution in [2.75, 3.05) is 11.9 Å². The van der Waals surface area contributed by atoms with E-state index < -0.39 is 29.8 Å². The Hall–Kier alpha value is -4.49. The van der Waals surface area contributed by atoms with Crippen LogP contribution in [0.1, 0.15) is 28.1 Å². The lowest BCUT2D eigenvalue weighted by Gasteiger charge is -2.20. The third kappa shape index (κ3) is 6.64. The number of carbonyl (C=O) groups is 4. The topological polar surface area (TPSA) is 138 Å². The molecule has 0 bridgehead atoms. The van der Waals surface area contributed by atoms with Gasteiger partial charge in [0.25, 0.3) is 5.91 Å². The molecule has 1 atom stereocenters. The number of anilines is 1. The molecule has 13 heteroatoms. The number of aromatic nitrogens is 1. The summed E-state index contributed by atoms with van der Waals surface area (Å²) in [5.74, 6) is -2.05. The van der Waals surface area contributed by atoms with E-state index in [-0.39, 0.29) is 28.7 Å². The molecule has 2 aromatic carbocycles. The number of pyridine rings is 1. The fourth-order valence-electron chi connectivity index (χ4n) is 4.35. The highest BCUT2D eigenvalue weighted by Gasteiger charge is 2.35. The number of carboxylic acid groups (broad SMARTS) is 1. The summed E-state index contributed by atoms with van der Waals surface area (Å²) in [6, 6.07) is 14.5. The van der Waals surface area contributed by atoms with E-state index in [1.165, 1.54) is 29.3 Å². The summed E-state index contributed by atoms with van der Waals surface area (Å²) in [4.78, 5) is 54.7. The maximum absolute atomic E-state index is 14.9. The van der Waals surface area contributed by atoms with Crippen LogP contribution in [0.15, 0.2) is 66.9 Å². The number of carbonyl (C=O) groups excluding carboxylic acids is 3. The highest BCUT2D eigenvalue weighted by Crippen LogP contribution is 2.37. The van der Waals surface area contributed by atoms with Crippen LogP contribution in [0.4, 0.5) is 14.9 Å². The van der Waals surface area contributed by atoms with Gasteiger partial charge in [0.2, 0.25) is 5.12 Å². The average molecular weight is 595 g/mol. The monoisotopic (exact) mass is 594 g/mol. The molecule has 3 amide bonds. The number of rotatable bonds is 7. The number of ether oxygens (including phenoxy) is 1. The van der Waals surface area contributed by atoms with Crippen molar-refractivity contribution < 1.29 is 33.4 Å². The van der Waals surface area contributed by atoms with Gasteiger partial charge in [-0.1, -0.05) is 30.3 Å². The maximum atomic E-state index is 14.9. The molecule has 1 aliphatic rings. The summed E-state index contributed by atoms with van der Waals surface area (Å²) in [6.07, 6.45) is 2.62. The van der Waals surface area contributed by atoms with Gasteiger partial charge in [-0.3, -0.25) is 19.3 Å². The average Bonchev–Trinajstić information content (AvgIpc) is 3.62. The van der Waals surface area contributed by atoms with Gasteiger partial charge in [0, 0.05) is 48.9 Å². The van der Waals surface area contributed by atoms with Crippen LogP contribution in [0.5, 0.6) is 11.5 Å². The Morgan fingerprint density at radius 3 is 2.66 bits per heavy atom. The normalized spacial score (nSPS) is 14.6. The number of aliphatic carboxylic acids is 1. The summed E-state index contributed by atoms with van der Waals surface area (Å²) < 4.78 is 23.6. The van der Waals surface area contributed by atoms with Gasteiger partial charge in [0.1, 0.15) is 11.8 Å². The predicted octanol–water partition coefficient (Wildman–Crippen LogP) is 5.46. The lowest BCUT2D eigenvalue weighted by atomic mass is 10.2. The number of hydrogen-bond donors (Lipinski definition) is 3. The molecule has 1 aliphatic heterocycles. The molecule has 10 nitrogen and oxygen atoms in total. The largest absolute Gasteiger partial charge is 0.480 e. The van der Waals surface area contributed by atoms with Crippen LogP contribution in [0, 0.1) is 5.82 Å². The third-order valence-corrected chi connectivity index (χ3v) is 8.03. The molecule has 41 heavy (non-hydrogen) atoms. The number of fused-ring (bicyclic) bond motifs is 1. The molecule has 0 saturated carbocycles. The Morgan fingerprint density at radius 1 is 1.10 bits per heavy atom. The number of hydrogen-bond acceptors (Lipinski definition) is 8. The first-order valence-corrected chi connectivity index (χ1v) is 14.1. The first-order chi connectivity index (χ1) is 19.8. The second kappa shape index (κ2) is 12.4. The van der Waals surface area contributed by atoms with Crippen molar-refractivity contribution >= 4 is 62.2 Å². The molecule has 0 spiro atoms. The Morgan fingerprint density at radius 2 is 1.90 bits per heavy atom. The molecule has 0 radical (unpaired) electrons. The van der Waals surface area contributed by atoms with Crippen molar-refractivity contribution in [3.05, 3.63) is 83.1 Å². The van der Waals surface area contributed by atoms with Crippen molar-refractivity contribution in [1.82, 2.24) is 14.6 Å². The lowest BCUT2D eigenvalue weighted by Crippen LogP contribution is -2.40. The zero-order valence-electron chi connectivity index (χ0n) is 21.3. The van der Waals surface area contributed by atoms with Crippen LogP contribution in [0.2, 0.25) is 0 Å². The zero-order valence-corrected chi connectivity index (χ0v) is 23.0. The van der Waals surface area contributed by atoms with E-state index in [1.807, 2.05) is 30.3 Å². The molecule has 4 aromatic rings. The van der Waals surface area contributed by atoms with Gasteiger partial charge >= 0.3 is 12.0 Å². The summed E-state index contributed by atoms with van der Waals surface area (Å²) >= 11 is 1.73. The molecular weight excluding hydrogens is 571 g/mol. The Labute approximate surface area is 241 Å². The van der Waals surface area contributed by atoms with Crippen LogP contribution in [0.25, 0.3) is 10.2 Å². The molecule has 5 rings (SSSR count). The van der Waals surface area contributed by atoms with Crippen LogP contribution >= 0.6 is 23.3 Å². The van der Waals surface area contributed by atoms with E-state index in [0.717, 1.165) is 23.0 Å². The smallest absolute Gasteiger partial charge is 0.329 e. The SMILES string of the molecule is O=C(NSC(=O)Cc1ccccc1)Nc1ccc(Oc2ccnc3cc(C(=O)N4CCCC4C(=O)O)sc23)c(F)c1. The van der Waals surface area contributed by atoms with E-state index in [4.69, 9.17) is 4.74 Å². The number of benzene rings is 2. The van der Waals surface area contributed by atoms with Gasteiger partial charge in [-0.15, -0.1) is 11.3 Å². The fourth-order valence-corrected chi connectivity index (χ4v) is 5.86. The minimum atomic E-state index is -1.04. The first-order valence-electron chi connectivity index (χ1n) is 12.5. The standard InChI is InChI=1S/C28H23FN4O6S2/c29-18-14-17(31-28(38)32-41-24(34)13-16-5-2-1-3-6-16)8-9-21(18)39-22-10-11-30-19-15-23(40-25(19)22)26(35)33-12-4-7-20(33)27(36)37/h1-3,5-6,8-11,14-15,20H,4,7,12-13H2,(H,36,37)(H2,31,32,38). The molecule has 1 unspecified atom stereocenters. The van der Waals surface area contributed by atoms with Gasteiger partial charge in [-0.25, -0.2) is 14.0 Å². The molecule has 210 valence electrons. The van der Waals surface area contributed by atoms with E-state index in [0.29, 0.717) is 46.4 Å². The van der Waals surface area contributed by atoms with E-state index >= 15 is 0 Å². The Balaban J connectivity index is 1.22. The predicted molar refractivity (Wildman–Crippen MR) is 153 cm³/mol. The lowest BCUT2D eigenvalue weighted by molar-refractivity contribution is -0.141. The first kappa shape index (κ1) is 28.1. The van der Waals surface area contributed by atoms with Crippen molar-refractivity contribution in [2.45, 2.75) is 25.3 Å². The van der Waals surface area contributed by atoms with Gasteiger partial charge in [-0.2, -0.15) is 0 Å². The minimum Gasteiger partial charge on any atom is -0.480 e. The van der Waals surface area contributed by atoms with Crippen LogP contribution < -0.4 is 14.8 Å². The molecular formula is C28H23FN4O6S2. The number of urea groups is 1. The maximum Gasteiger partial charge on any atom is 0.329 e. The highest BCUT2D eigenvalue weighted by atomic mass is 32.2. The van der Waals surface area contributed by atoms with Crippen molar-refractivity contribution in [2.24, 2.45) is 0 Å². The Bertz CT molecular complexity index is 1630. The van der Waals surface area contributed by atoms with Crippen LogP contribution in [-0.2, 0) is 16.0 Å². The van der Waals surface area contributed by atoms with Gasteiger partial charge in [0.05, 0.1) is 15.1 Å². The number of thiophene rings is 1. The van der Waals surface area contributed by atoms with E-state index in [1.54, 1.807) is 6.07 Å². The van der Waals surface area contributed by atoms with E-state index in [9.17, 15) is 28.7 Å². The van der Waals surface area contributed by atoms with Crippen molar-refractivity contribution in [1.29, 1.82) is 0 Å². The fraction of sp³-hybridized carbons (Fsp3) is 0.179. The number of nitrogens with one attached hydrogen (secondary N) is 2. The number of nitrogens with zero attached hydrogens (tertiary/aromatic N) is 2. The number of carboxylic acids is 1. The van der Waals surface area contributed by atoms with Crippen LogP contribution in [0.3, 0.4) is 0 Å². The summed E-state index contributed by atoms with van der Waals surface area (Å²) in [5.41, 5.74) is 1.42.